The molecule has 0 aliphatic carbocycles. The van der Waals surface area contributed by atoms with Crippen molar-refractivity contribution in [3.8, 4) is 0 Å². The molecule has 1 saturated heterocycles. The zero-order valence-corrected chi connectivity index (χ0v) is 14.3. The second-order valence-corrected chi connectivity index (χ2v) is 7.39. The van der Waals surface area contributed by atoms with Gasteiger partial charge in [0.25, 0.3) is 0 Å². The maximum atomic E-state index is 3.88. The number of piperazine rings is 1. The fourth-order valence-corrected chi connectivity index (χ4v) is 3.61. The van der Waals surface area contributed by atoms with Gasteiger partial charge in [-0.15, -0.1) is 0 Å². The molecule has 0 aromatic heterocycles. The summed E-state index contributed by atoms with van der Waals surface area (Å²) in [7, 11) is 0. The molecule has 0 spiro atoms. The van der Waals surface area contributed by atoms with Gasteiger partial charge in [-0.1, -0.05) is 48.5 Å². The summed E-state index contributed by atoms with van der Waals surface area (Å²) < 4.78 is 0. The van der Waals surface area contributed by atoms with Crippen LogP contribution in [0.5, 0.6) is 0 Å². The van der Waals surface area contributed by atoms with Crippen molar-refractivity contribution in [1.29, 1.82) is 0 Å². The molecule has 0 bridgehead atoms. The Balaban J connectivity index is 2.98. The lowest BCUT2D eigenvalue weighted by atomic mass is 9.79. The molecule has 0 aromatic rings. The van der Waals surface area contributed by atoms with E-state index in [0.29, 0.717) is 17.0 Å². The first-order valence-corrected chi connectivity index (χ1v) is 8.34. The van der Waals surface area contributed by atoms with Crippen molar-refractivity contribution in [2.45, 2.75) is 91.8 Å². The van der Waals surface area contributed by atoms with Crippen LogP contribution in [0.4, 0.5) is 0 Å². The Morgan fingerprint density at radius 3 is 2.00 bits per heavy atom. The topological polar surface area (TPSA) is 15.3 Å². The standard InChI is InChI=1S/C17H36N2/c1-8-14(9-2)19-13-17(10-3,11-4)18-12-15(19)16(5,6)7/h14-15,18H,8-13H2,1-7H3. The van der Waals surface area contributed by atoms with Gasteiger partial charge in [-0.05, 0) is 31.1 Å². The minimum absolute atomic E-state index is 0.338. The van der Waals surface area contributed by atoms with E-state index in [1.54, 1.807) is 0 Å². The van der Waals surface area contributed by atoms with E-state index in [1.807, 2.05) is 0 Å². The lowest BCUT2D eigenvalue weighted by Gasteiger charge is -2.54. The first-order chi connectivity index (χ1) is 8.83. The number of nitrogens with zero attached hydrogens (tertiary/aromatic N) is 1. The summed E-state index contributed by atoms with van der Waals surface area (Å²) in [6.07, 6.45) is 5.01. The molecule has 1 N–H and O–H groups in total. The summed E-state index contributed by atoms with van der Waals surface area (Å²) >= 11 is 0. The van der Waals surface area contributed by atoms with E-state index in [0.717, 1.165) is 12.6 Å². The van der Waals surface area contributed by atoms with Crippen LogP contribution in [0.2, 0.25) is 0 Å². The highest BCUT2D eigenvalue weighted by molar-refractivity contribution is 5.01. The summed E-state index contributed by atoms with van der Waals surface area (Å²) in [6.45, 7) is 18.9. The largest absolute Gasteiger partial charge is 0.308 e. The number of hydrogen-bond acceptors (Lipinski definition) is 2. The first kappa shape index (κ1) is 17.0. The quantitative estimate of drug-likeness (QED) is 0.809. The molecule has 0 radical (unpaired) electrons. The molecular weight excluding hydrogens is 232 g/mol. The predicted octanol–water partition coefficient (Wildman–Crippen LogP) is 4.05. The van der Waals surface area contributed by atoms with Gasteiger partial charge in [0, 0.05) is 30.7 Å². The second-order valence-electron chi connectivity index (χ2n) is 7.39. The average molecular weight is 268 g/mol. The molecule has 1 rings (SSSR count). The van der Waals surface area contributed by atoms with Crippen molar-refractivity contribution >= 4 is 0 Å². The Morgan fingerprint density at radius 2 is 1.63 bits per heavy atom. The van der Waals surface area contributed by atoms with E-state index in [4.69, 9.17) is 0 Å². The third-order valence-corrected chi connectivity index (χ3v) is 5.32. The number of nitrogens with one attached hydrogen (secondary N) is 1. The lowest BCUT2D eigenvalue weighted by Crippen LogP contribution is -2.68. The molecule has 1 heterocycles. The van der Waals surface area contributed by atoms with E-state index in [2.05, 4.69) is 58.7 Å². The molecule has 1 atom stereocenters. The number of rotatable bonds is 5. The van der Waals surface area contributed by atoms with Crippen LogP contribution in [0.3, 0.4) is 0 Å². The van der Waals surface area contributed by atoms with Gasteiger partial charge in [-0.25, -0.2) is 0 Å². The fourth-order valence-electron chi connectivity index (χ4n) is 3.61. The van der Waals surface area contributed by atoms with Crippen LogP contribution < -0.4 is 5.32 Å². The van der Waals surface area contributed by atoms with Crippen LogP contribution in [-0.2, 0) is 0 Å². The predicted molar refractivity (Wildman–Crippen MR) is 85.6 cm³/mol. The van der Waals surface area contributed by atoms with Crippen molar-refractivity contribution < 1.29 is 0 Å². The van der Waals surface area contributed by atoms with E-state index in [-0.39, 0.29) is 0 Å². The highest BCUT2D eigenvalue weighted by Gasteiger charge is 2.42. The third-order valence-electron chi connectivity index (χ3n) is 5.32. The van der Waals surface area contributed by atoms with Crippen molar-refractivity contribution in [3.63, 3.8) is 0 Å². The molecule has 1 unspecified atom stereocenters. The van der Waals surface area contributed by atoms with Gasteiger partial charge in [-0.2, -0.15) is 0 Å². The van der Waals surface area contributed by atoms with E-state index >= 15 is 0 Å². The number of hydrogen-bond donors (Lipinski definition) is 1. The normalized spacial score (nSPS) is 24.9. The van der Waals surface area contributed by atoms with Gasteiger partial charge in [0.1, 0.15) is 0 Å². The Hall–Kier alpha value is -0.0800. The van der Waals surface area contributed by atoms with Gasteiger partial charge in [0.15, 0.2) is 0 Å². The van der Waals surface area contributed by atoms with E-state index in [9.17, 15) is 0 Å². The highest BCUT2D eigenvalue weighted by atomic mass is 15.3. The van der Waals surface area contributed by atoms with Crippen LogP contribution in [0.25, 0.3) is 0 Å². The maximum Gasteiger partial charge on any atom is 0.0304 e. The molecule has 1 aliphatic rings. The molecule has 1 fully saturated rings. The molecular formula is C17H36N2. The molecule has 0 saturated carbocycles. The highest BCUT2D eigenvalue weighted by Crippen LogP contribution is 2.33. The maximum absolute atomic E-state index is 3.88. The second kappa shape index (κ2) is 6.58. The average Bonchev–Trinajstić information content (AvgIpc) is 2.38. The summed E-state index contributed by atoms with van der Waals surface area (Å²) in [5, 5.41) is 3.88. The minimum atomic E-state index is 0.338. The Bertz CT molecular complexity index is 259. The first-order valence-electron chi connectivity index (χ1n) is 8.34. The van der Waals surface area contributed by atoms with Crippen molar-refractivity contribution in [1.82, 2.24) is 10.2 Å². The van der Waals surface area contributed by atoms with E-state index in [1.165, 1.54) is 32.2 Å². The van der Waals surface area contributed by atoms with Crippen LogP contribution in [0.1, 0.15) is 74.1 Å². The lowest BCUT2D eigenvalue weighted by molar-refractivity contribution is -0.0133. The molecule has 1 aliphatic heterocycles. The monoisotopic (exact) mass is 268 g/mol. The smallest absolute Gasteiger partial charge is 0.0304 e. The van der Waals surface area contributed by atoms with Gasteiger partial charge in [-0.3, -0.25) is 4.90 Å². The molecule has 114 valence electrons. The minimum Gasteiger partial charge on any atom is -0.308 e. The van der Waals surface area contributed by atoms with Gasteiger partial charge >= 0.3 is 0 Å². The Labute approximate surface area is 121 Å². The molecule has 0 amide bonds. The van der Waals surface area contributed by atoms with Crippen molar-refractivity contribution in [2.75, 3.05) is 13.1 Å². The third kappa shape index (κ3) is 3.72. The van der Waals surface area contributed by atoms with Gasteiger partial charge in [0.2, 0.25) is 0 Å². The fraction of sp³-hybridized carbons (Fsp3) is 1.00. The molecule has 19 heavy (non-hydrogen) atoms. The Kier molecular flexibility index (Phi) is 5.88. The molecule has 0 aromatic carbocycles. The van der Waals surface area contributed by atoms with Crippen molar-refractivity contribution in [2.24, 2.45) is 5.41 Å². The summed E-state index contributed by atoms with van der Waals surface area (Å²) in [4.78, 5) is 2.82. The van der Waals surface area contributed by atoms with Crippen LogP contribution in [0, 0.1) is 5.41 Å². The summed E-state index contributed by atoms with van der Waals surface area (Å²) in [5.41, 5.74) is 0.688. The van der Waals surface area contributed by atoms with Gasteiger partial charge < -0.3 is 5.32 Å². The van der Waals surface area contributed by atoms with Gasteiger partial charge in [0.05, 0.1) is 0 Å². The van der Waals surface area contributed by atoms with Crippen molar-refractivity contribution in [3.05, 3.63) is 0 Å². The zero-order valence-electron chi connectivity index (χ0n) is 14.3. The summed E-state index contributed by atoms with van der Waals surface area (Å²) in [6, 6.07) is 1.40. The zero-order chi connectivity index (χ0) is 14.7. The summed E-state index contributed by atoms with van der Waals surface area (Å²) in [5.74, 6) is 0. The molecule has 2 heteroatoms. The van der Waals surface area contributed by atoms with E-state index < -0.39 is 0 Å². The molecule has 2 nitrogen and oxygen atoms in total. The van der Waals surface area contributed by atoms with Crippen LogP contribution >= 0.6 is 0 Å². The SMILES string of the molecule is CCC(CC)N1CC(CC)(CC)NCC1C(C)(C)C. The van der Waals surface area contributed by atoms with Crippen LogP contribution in [-0.4, -0.2) is 35.6 Å². The Morgan fingerprint density at radius 1 is 1.11 bits per heavy atom. The van der Waals surface area contributed by atoms with Crippen LogP contribution in [0.15, 0.2) is 0 Å².